The molecule has 0 bridgehead atoms. The minimum absolute atomic E-state index is 0.0784. The van der Waals surface area contributed by atoms with Gasteiger partial charge in [-0.3, -0.25) is 9.59 Å². The molecule has 170 valence electrons. The van der Waals surface area contributed by atoms with Gasteiger partial charge < -0.3 is 24.4 Å². The zero-order chi connectivity index (χ0) is 23.6. The third-order valence-electron chi connectivity index (χ3n) is 5.70. The van der Waals surface area contributed by atoms with E-state index in [1.54, 1.807) is 25.3 Å². The molecule has 3 rings (SSSR count). The van der Waals surface area contributed by atoms with Gasteiger partial charge in [-0.05, 0) is 57.3 Å². The van der Waals surface area contributed by atoms with E-state index in [1.165, 1.54) is 12.0 Å². The van der Waals surface area contributed by atoms with Crippen LogP contribution in [-0.4, -0.2) is 68.0 Å². The maximum absolute atomic E-state index is 13.2. The normalized spacial score (nSPS) is 17.8. The molecular weight excluding hydrogens is 408 g/mol. The highest BCUT2D eigenvalue weighted by Crippen LogP contribution is 2.42. The zero-order valence-corrected chi connectivity index (χ0v) is 19.4. The molecule has 1 aliphatic rings. The molecule has 0 aliphatic carbocycles. The molecule has 32 heavy (non-hydrogen) atoms. The number of amides is 1. The number of hydrogen-bond donors (Lipinski definition) is 1. The van der Waals surface area contributed by atoms with Gasteiger partial charge in [0.05, 0.1) is 25.8 Å². The van der Waals surface area contributed by atoms with E-state index in [0.29, 0.717) is 35.7 Å². The van der Waals surface area contributed by atoms with Crippen LogP contribution in [0.15, 0.2) is 42.0 Å². The number of aliphatic hydroxyl groups is 1. The summed E-state index contributed by atoms with van der Waals surface area (Å²) in [5.41, 5.74) is 3.04. The van der Waals surface area contributed by atoms with Crippen molar-refractivity contribution in [3.8, 4) is 11.5 Å². The number of Topliss-reactive ketones (excluding diaryl/α,β-unsaturated/α-hetero) is 1. The Morgan fingerprint density at radius 3 is 2.34 bits per heavy atom. The second kappa shape index (κ2) is 9.44. The predicted octanol–water partition coefficient (Wildman–Crippen LogP) is 3.30. The van der Waals surface area contributed by atoms with Gasteiger partial charge in [0.15, 0.2) is 11.5 Å². The molecule has 1 atom stereocenters. The fourth-order valence-electron chi connectivity index (χ4n) is 3.92. The highest BCUT2D eigenvalue weighted by molar-refractivity contribution is 6.46. The number of ether oxygens (including phenoxy) is 2. The Morgan fingerprint density at radius 1 is 1.03 bits per heavy atom. The lowest BCUT2D eigenvalue weighted by molar-refractivity contribution is -0.140. The van der Waals surface area contributed by atoms with Gasteiger partial charge in [-0.25, -0.2) is 0 Å². The van der Waals surface area contributed by atoms with Gasteiger partial charge in [-0.1, -0.05) is 23.8 Å². The van der Waals surface area contributed by atoms with Crippen LogP contribution in [0.25, 0.3) is 5.76 Å². The van der Waals surface area contributed by atoms with E-state index in [9.17, 15) is 14.7 Å². The van der Waals surface area contributed by atoms with E-state index in [-0.39, 0.29) is 11.3 Å². The van der Waals surface area contributed by atoms with Gasteiger partial charge in [0.1, 0.15) is 5.76 Å². The molecule has 1 amide bonds. The molecule has 1 unspecified atom stereocenters. The number of carbonyl (C=O) groups is 2. The molecule has 1 fully saturated rings. The lowest BCUT2D eigenvalue weighted by atomic mass is 9.93. The first kappa shape index (κ1) is 23.3. The summed E-state index contributed by atoms with van der Waals surface area (Å²) in [6.45, 7) is 4.68. The minimum atomic E-state index is -0.741. The quantitative estimate of drug-likeness (QED) is 0.406. The first-order valence-corrected chi connectivity index (χ1v) is 10.4. The fraction of sp³-hybridized carbons (Fsp3) is 0.360. The predicted molar refractivity (Wildman–Crippen MR) is 123 cm³/mol. The number of likely N-dealkylation sites (N-methyl/N-ethyl adjacent to an activating group) is 1. The monoisotopic (exact) mass is 438 g/mol. The van der Waals surface area contributed by atoms with Crippen LogP contribution in [0.2, 0.25) is 0 Å². The van der Waals surface area contributed by atoms with Crippen molar-refractivity contribution in [2.45, 2.75) is 19.9 Å². The van der Waals surface area contributed by atoms with Crippen molar-refractivity contribution in [2.24, 2.45) is 0 Å². The van der Waals surface area contributed by atoms with Crippen molar-refractivity contribution in [3.05, 3.63) is 64.2 Å². The largest absolute Gasteiger partial charge is 0.507 e. The van der Waals surface area contributed by atoms with Gasteiger partial charge >= 0.3 is 0 Å². The average Bonchev–Trinajstić information content (AvgIpc) is 3.03. The van der Waals surface area contributed by atoms with Crippen LogP contribution < -0.4 is 9.47 Å². The number of aryl methyl sites for hydroxylation is 2. The highest BCUT2D eigenvalue weighted by atomic mass is 16.5. The maximum Gasteiger partial charge on any atom is 0.295 e. The summed E-state index contributed by atoms with van der Waals surface area (Å²) >= 11 is 0. The first-order valence-electron chi connectivity index (χ1n) is 10.4. The van der Waals surface area contributed by atoms with Crippen molar-refractivity contribution in [3.63, 3.8) is 0 Å². The Hall–Kier alpha value is -3.32. The Labute approximate surface area is 188 Å². The van der Waals surface area contributed by atoms with E-state index in [4.69, 9.17) is 9.47 Å². The summed E-state index contributed by atoms with van der Waals surface area (Å²) in [4.78, 5) is 29.6. The molecule has 7 heteroatoms. The van der Waals surface area contributed by atoms with Gasteiger partial charge in [0, 0.05) is 18.7 Å². The van der Waals surface area contributed by atoms with Gasteiger partial charge in [0.2, 0.25) is 0 Å². The summed E-state index contributed by atoms with van der Waals surface area (Å²) in [6.07, 6.45) is 0. The summed E-state index contributed by atoms with van der Waals surface area (Å²) in [7, 11) is 6.87. The van der Waals surface area contributed by atoms with E-state index in [2.05, 4.69) is 0 Å². The Bertz CT molecular complexity index is 1070. The summed E-state index contributed by atoms with van der Waals surface area (Å²) in [5, 5.41) is 11.3. The van der Waals surface area contributed by atoms with Crippen molar-refractivity contribution in [2.75, 3.05) is 41.4 Å². The van der Waals surface area contributed by atoms with Crippen molar-refractivity contribution in [1.29, 1.82) is 0 Å². The molecule has 2 aromatic rings. The second-order valence-corrected chi connectivity index (χ2v) is 8.23. The Balaban J connectivity index is 2.23. The molecule has 2 aromatic carbocycles. The fourth-order valence-corrected chi connectivity index (χ4v) is 3.92. The van der Waals surface area contributed by atoms with Crippen LogP contribution in [0.4, 0.5) is 0 Å². The van der Waals surface area contributed by atoms with Gasteiger partial charge in [-0.2, -0.15) is 0 Å². The SMILES string of the molecule is COc1ccc(C2/C(=C(/O)c3cc(C)ccc3C)C(=O)C(=O)N2CCN(C)C)cc1OC. The number of benzene rings is 2. The van der Waals surface area contributed by atoms with Crippen LogP contribution >= 0.6 is 0 Å². The molecule has 0 aromatic heterocycles. The highest BCUT2D eigenvalue weighted by Gasteiger charge is 2.46. The minimum Gasteiger partial charge on any atom is -0.507 e. The third kappa shape index (κ3) is 4.34. The molecule has 0 radical (unpaired) electrons. The molecule has 1 saturated heterocycles. The summed E-state index contributed by atoms with van der Waals surface area (Å²) in [6, 6.07) is 10.2. The standard InChI is InChI=1S/C25H30N2O5/c1-15-7-8-16(2)18(13-15)23(28)21-22(17-9-10-19(31-5)20(14-17)32-6)27(12-11-26(3)4)25(30)24(21)29/h7-10,13-14,22,28H,11-12H2,1-6H3/b23-21-. The first-order chi connectivity index (χ1) is 15.2. The third-order valence-corrected chi connectivity index (χ3v) is 5.70. The number of carbonyl (C=O) groups excluding carboxylic acids is 2. The smallest absolute Gasteiger partial charge is 0.295 e. The van der Waals surface area contributed by atoms with Crippen molar-refractivity contribution in [1.82, 2.24) is 9.80 Å². The molecule has 7 nitrogen and oxygen atoms in total. The Kier molecular flexibility index (Phi) is 6.89. The molecule has 0 saturated carbocycles. The van der Waals surface area contributed by atoms with Crippen LogP contribution in [-0.2, 0) is 9.59 Å². The number of methoxy groups -OCH3 is 2. The van der Waals surface area contributed by atoms with Crippen molar-refractivity contribution >= 4 is 17.4 Å². The van der Waals surface area contributed by atoms with E-state index in [0.717, 1.165) is 11.1 Å². The number of hydrogen-bond acceptors (Lipinski definition) is 6. The molecule has 0 spiro atoms. The summed E-state index contributed by atoms with van der Waals surface area (Å²) < 4.78 is 10.8. The topological polar surface area (TPSA) is 79.3 Å². The van der Waals surface area contributed by atoms with Crippen LogP contribution in [0.1, 0.15) is 28.3 Å². The molecular formula is C25H30N2O5. The zero-order valence-electron chi connectivity index (χ0n) is 19.4. The van der Waals surface area contributed by atoms with Crippen LogP contribution in [0.3, 0.4) is 0 Å². The molecule has 1 heterocycles. The van der Waals surface area contributed by atoms with E-state index in [1.807, 2.05) is 51.0 Å². The number of likely N-dealkylation sites (tertiary alicyclic amines) is 1. The lowest BCUT2D eigenvalue weighted by Crippen LogP contribution is -2.35. The van der Waals surface area contributed by atoms with E-state index >= 15 is 0 Å². The van der Waals surface area contributed by atoms with Gasteiger partial charge in [-0.15, -0.1) is 0 Å². The van der Waals surface area contributed by atoms with Gasteiger partial charge in [0.25, 0.3) is 11.7 Å². The number of nitrogens with zero attached hydrogens (tertiary/aromatic N) is 2. The lowest BCUT2D eigenvalue weighted by Gasteiger charge is -2.27. The second-order valence-electron chi connectivity index (χ2n) is 8.23. The number of ketones is 1. The maximum atomic E-state index is 13.2. The van der Waals surface area contributed by atoms with E-state index < -0.39 is 17.7 Å². The Morgan fingerprint density at radius 2 is 1.72 bits per heavy atom. The van der Waals surface area contributed by atoms with Crippen LogP contribution in [0, 0.1) is 13.8 Å². The van der Waals surface area contributed by atoms with Crippen LogP contribution in [0.5, 0.6) is 11.5 Å². The van der Waals surface area contributed by atoms with Crippen molar-refractivity contribution < 1.29 is 24.2 Å². The molecule has 1 N–H and O–H groups in total. The number of rotatable bonds is 7. The number of aliphatic hydroxyl groups excluding tert-OH is 1. The molecule has 1 aliphatic heterocycles. The summed E-state index contributed by atoms with van der Waals surface area (Å²) in [5.74, 6) is -0.469. The average molecular weight is 439 g/mol.